The van der Waals surface area contributed by atoms with Gasteiger partial charge in [0.15, 0.2) is 0 Å². The minimum atomic E-state index is 0.457. The van der Waals surface area contributed by atoms with E-state index in [0.717, 1.165) is 43.4 Å². The van der Waals surface area contributed by atoms with E-state index in [4.69, 9.17) is 0 Å². The van der Waals surface area contributed by atoms with Crippen LogP contribution in [0.1, 0.15) is 35.5 Å². The first-order valence-corrected chi connectivity index (χ1v) is 7.60. The fourth-order valence-corrected chi connectivity index (χ4v) is 2.78. The lowest BCUT2D eigenvalue weighted by molar-refractivity contribution is 0.620. The molecule has 2 heterocycles. The summed E-state index contributed by atoms with van der Waals surface area (Å²) in [6.45, 7) is 6.94. The van der Waals surface area contributed by atoms with Gasteiger partial charge in [-0.05, 0) is 31.4 Å². The van der Waals surface area contributed by atoms with Gasteiger partial charge >= 0.3 is 0 Å². The first-order chi connectivity index (χ1) is 10.2. The second-order valence-corrected chi connectivity index (χ2v) is 5.66. The highest BCUT2D eigenvalue weighted by Crippen LogP contribution is 2.22. The third kappa shape index (κ3) is 3.22. The van der Waals surface area contributed by atoms with E-state index in [1.54, 1.807) is 0 Å². The quantitative estimate of drug-likeness (QED) is 0.905. The predicted molar refractivity (Wildman–Crippen MR) is 85.5 cm³/mol. The molecule has 0 fully saturated rings. The Bertz CT molecular complexity index is 610. The SMILES string of the molecule is Cc1nc2c(c(NC[C@@H](C)c3ccccc3)n1)CCNC2. The van der Waals surface area contributed by atoms with Gasteiger partial charge in [-0.2, -0.15) is 0 Å². The van der Waals surface area contributed by atoms with Crippen LogP contribution in [0.3, 0.4) is 0 Å². The molecule has 1 aromatic heterocycles. The van der Waals surface area contributed by atoms with E-state index in [1.807, 2.05) is 6.92 Å². The van der Waals surface area contributed by atoms with Crippen molar-refractivity contribution >= 4 is 5.82 Å². The van der Waals surface area contributed by atoms with E-state index in [1.165, 1.54) is 11.1 Å². The second kappa shape index (κ2) is 6.22. The molecular formula is C17H22N4. The maximum atomic E-state index is 4.60. The van der Waals surface area contributed by atoms with Crippen LogP contribution in [-0.4, -0.2) is 23.1 Å². The lowest BCUT2D eigenvalue weighted by atomic mass is 10.0. The minimum absolute atomic E-state index is 0.457. The van der Waals surface area contributed by atoms with Gasteiger partial charge in [0.1, 0.15) is 11.6 Å². The zero-order chi connectivity index (χ0) is 14.7. The number of hydrogen-bond acceptors (Lipinski definition) is 4. The topological polar surface area (TPSA) is 49.8 Å². The predicted octanol–water partition coefficient (Wildman–Crippen LogP) is 2.65. The molecule has 1 aliphatic rings. The van der Waals surface area contributed by atoms with E-state index in [9.17, 15) is 0 Å². The molecule has 0 spiro atoms. The Morgan fingerprint density at radius 1 is 1.24 bits per heavy atom. The molecule has 1 aromatic carbocycles. The Balaban J connectivity index is 1.75. The number of nitrogens with zero attached hydrogens (tertiary/aromatic N) is 2. The summed E-state index contributed by atoms with van der Waals surface area (Å²) in [6, 6.07) is 10.6. The van der Waals surface area contributed by atoms with Gasteiger partial charge in [0, 0.05) is 18.7 Å². The fourth-order valence-electron chi connectivity index (χ4n) is 2.78. The van der Waals surface area contributed by atoms with Gasteiger partial charge in [-0.25, -0.2) is 9.97 Å². The van der Waals surface area contributed by atoms with E-state index >= 15 is 0 Å². The van der Waals surface area contributed by atoms with Crippen molar-refractivity contribution in [3.8, 4) is 0 Å². The number of aryl methyl sites for hydroxylation is 1. The highest BCUT2D eigenvalue weighted by molar-refractivity contribution is 5.48. The molecule has 0 radical (unpaired) electrons. The molecule has 21 heavy (non-hydrogen) atoms. The van der Waals surface area contributed by atoms with Gasteiger partial charge in [0.2, 0.25) is 0 Å². The van der Waals surface area contributed by atoms with Crippen LogP contribution in [0.15, 0.2) is 30.3 Å². The number of benzene rings is 1. The summed E-state index contributed by atoms with van der Waals surface area (Å²) in [7, 11) is 0. The van der Waals surface area contributed by atoms with Crippen molar-refractivity contribution in [2.45, 2.75) is 32.7 Å². The van der Waals surface area contributed by atoms with Crippen molar-refractivity contribution in [3.05, 3.63) is 53.0 Å². The van der Waals surface area contributed by atoms with Gasteiger partial charge < -0.3 is 10.6 Å². The van der Waals surface area contributed by atoms with E-state index in [0.29, 0.717) is 5.92 Å². The number of nitrogens with one attached hydrogen (secondary N) is 2. The van der Waals surface area contributed by atoms with Crippen molar-refractivity contribution < 1.29 is 0 Å². The highest BCUT2D eigenvalue weighted by Gasteiger charge is 2.16. The fraction of sp³-hybridized carbons (Fsp3) is 0.412. The number of hydrogen-bond donors (Lipinski definition) is 2. The maximum absolute atomic E-state index is 4.60. The molecule has 0 aliphatic carbocycles. The zero-order valence-corrected chi connectivity index (χ0v) is 12.7. The maximum Gasteiger partial charge on any atom is 0.133 e. The Hall–Kier alpha value is -1.94. The molecule has 4 nitrogen and oxygen atoms in total. The molecule has 4 heteroatoms. The molecule has 0 saturated heterocycles. The van der Waals surface area contributed by atoms with Crippen molar-refractivity contribution in [1.29, 1.82) is 0 Å². The average molecular weight is 282 g/mol. The summed E-state index contributed by atoms with van der Waals surface area (Å²) >= 11 is 0. The molecule has 3 rings (SSSR count). The monoisotopic (exact) mass is 282 g/mol. The Kier molecular flexibility index (Phi) is 4.15. The molecular weight excluding hydrogens is 260 g/mol. The largest absolute Gasteiger partial charge is 0.369 e. The molecule has 110 valence electrons. The van der Waals surface area contributed by atoms with Crippen LogP contribution < -0.4 is 10.6 Å². The third-order valence-electron chi connectivity index (χ3n) is 3.99. The lowest BCUT2D eigenvalue weighted by Gasteiger charge is -2.21. The number of rotatable bonds is 4. The van der Waals surface area contributed by atoms with Crippen LogP contribution in [0.5, 0.6) is 0 Å². The Morgan fingerprint density at radius 3 is 2.86 bits per heavy atom. The van der Waals surface area contributed by atoms with Crippen LogP contribution >= 0.6 is 0 Å². The summed E-state index contributed by atoms with van der Waals surface area (Å²) in [5.41, 5.74) is 3.77. The van der Waals surface area contributed by atoms with E-state index in [2.05, 4.69) is 57.9 Å². The molecule has 0 unspecified atom stereocenters. The molecule has 1 atom stereocenters. The molecule has 2 aromatic rings. The summed E-state index contributed by atoms with van der Waals surface area (Å²) in [5.74, 6) is 2.31. The van der Waals surface area contributed by atoms with E-state index < -0.39 is 0 Å². The third-order valence-corrected chi connectivity index (χ3v) is 3.99. The molecule has 0 amide bonds. The van der Waals surface area contributed by atoms with Crippen LogP contribution in [0.4, 0.5) is 5.82 Å². The molecule has 1 aliphatic heterocycles. The van der Waals surface area contributed by atoms with Gasteiger partial charge in [-0.1, -0.05) is 37.3 Å². The van der Waals surface area contributed by atoms with Crippen molar-refractivity contribution in [2.75, 3.05) is 18.4 Å². The van der Waals surface area contributed by atoms with Gasteiger partial charge in [0.25, 0.3) is 0 Å². The summed E-state index contributed by atoms with van der Waals surface area (Å²) < 4.78 is 0. The lowest BCUT2D eigenvalue weighted by Crippen LogP contribution is -2.27. The summed E-state index contributed by atoms with van der Waals surface area (Å²) in [5, 5.41) is 6.90. The van der Waals surface area contributed by atoms with Gasteiger partial charge in [-0.3, -0.25) is 0 Å². The zero-order valence-electron chi connectivity index (χ0n) is 12.7. The Morgan fingerprint density at radius 2 is 2.05 bits per heavy atom. The van der Waals surface area contributed by atoms with Gasteiger partial charge in [0.05, 0.1) is 5.69 Å². The summed E-state index contributed by atoms with van der Waals surface area (Å²) in [4.78, 5) is 9.15. The normalized spacial score (nSPS) is 15.3. The van der Waals surface area contributed by atoms with Crippen LogP contribution in [0, 0.1) is 6.92 Å². The van der Waals surface area contributed by atoms with Crippen molar-refractivity contribution in [3.63, 3.8) is 0 Å². The minimum Gasteiger partial charge on any atom is -0.369 e. The molecule has 0 bridgehead atoms. The van der Waals surface area contributed by atoms with Crippen molar-refractivity contribution in [2.24, 2.45) is 0 Å². The molecule has 2 N–H and O–H groups in total. The summed E-state index contributed by atoms with van der Waals surface area (Å²) in [6.07, 6.45) is 0.998. The molecule has 0 saturated carbocycles. The first kappa shape index (κ1) is 14.0. The van der Waals surface area contributed by atoms with E-state index in [-0.39, 0.29) is 0 Å². The van der Waals surface area contributed by atoms with Gasteiger partial charge in [-0.15, -0.1) is 0 Å². The van der Waals surface area contributed by atoms with Crippen LogP contribution in [0.25, 0.3) is 0 Å². The standard InChI is InChI=1S/C17H22N4/c1-12(14-6-4-3-5-7-14)10-19-17-15-8-9-18-11-16(15)20-13(2)21-17/h3-7,12,18H,8-11H2,1-2H3,(H,19,20,21)/t12-/m1/s1. The number of anilines is 1. The highest BCUT2D eigenvalue weighted by atomic mass is 15.1. The smallest absolute Gasteiger partial charge is 0.133 e. The first-order valence-electron chi connectivity index (χ1n) is 7.60. The van der Waals surface area contributed by atoms with Crippen LogP contribution in [0.2, 0.25) is 0 Å². The Labute approximate surface area is 126 Å². The average Bonchev–Trinajstić information content (AvgIpc) is 2.53. The van der Waals surface area contributed by atoms with Crippen LogP contribution in [-0.2, 0) is 13.0 Å². The number of aromatic nitrogens is 2. The van der Waals surface area contributed by atoms with Crippen molar-refractivity contribution in [1.82, 2.24) is 15.3 Å². The number of fused-ring (bicyclic) bond motifs is 1. The second-order valence-electron chi connectivity index (χ2n) is 5.66.